The van der Waals surface area contributed by atoms with Crippen molar-refractivity contribution in [3.05, 3.63) is 53.0 Å². The third-order valence-corrected chi connectivity index (χ3v) is 4.40. The molecular formula is C12H12BrN3O2S. The van der Waals surface area contributed by atoms with E-state index in [1.165, 1.54) is 6.07 Å². The molecule has 0 saturated carbocycles. The highest BCUT2D eigenvalue weighted by molar-refractivity contribution is 9.10. The second-order valence-corrected chi connectivity index (χ2v) is 6.32. The van der Waals surface area contributed by atoms with Crippen molar-refractivity contribution >= 4 is 37.3 Å². The summed E-state index contributed by atoms with van der Waals surface area (Å²) < 4.78 is 27.9. The van der Waals surface area contributed by atoms with Gasteiger partial charge in [0.1, 0.15) is 4.90 Å². The summed E-state index contributed by atoms with van der Waals surface area (Å²) in [7, 11) is -3.68. The number of sulfonamides is 1. The third kappa shape index (κ3) is 3.25. The van der Waals surface area contributed by atoms with Crippen molar-refractivity contribution in [2.24, 2.45) is 5.84 Å². The fraction of sp³-hybridized carbons (Fsp3) is 0. The maximum Gasteiger partial charge on any atom is 0.264 e. The van der Waals surface area contributed by atoms with Crippen LogP contribution in [0.25, 0.3) is 0 Å². The maximum absolute atomic E-state index is 12.2. The number of nitrogens with two attached hydrogens (primary N) is 1. The smallest absolute Gasteiger partial charge is 0.264 e. The third-order valence-electron chi connectivity index (χ3n) is 2.43. The van der Waals surface area contributed by atoms with Crippen LogP contribution in [0.5, 0.6) is 0 Å². The van der Waals surface area contributed by atoms with E-state index in [2.05, 4.69) is 26.1 Å². The first kappa shape index (κ1) is 13.9. The lowest BCUT2D eigenvalue weighted by Gasteiger charge is -2.11. The molecule has 7 heteroatoms. The zero-order chi connectivity index (χ0) is 13.9. The first-order valence-corrected chi connectivity index (χ1v) is 7.64. The molecule has 0 amide bonds. The molecule has 100 valence electrons. The molecule has 0 spiro atoms. The summed E-state index contributed by atoms with van der Waals surface area (Å²) in [5.41, 5.74) is 3.19. The molecule has 19 heavy (non-hydrogen) atoms. The number of halogens is 1. The summed E-state index contributed by atoms with van der Waals surface area (Å²) in [6.45, 7) is 0. The van der Waals surface area contributed by atoms with Crippen LogP contribution in [0.3, 0.4) is 0 Å². The lowest BCUT2D eigenvalue weighted by atomic mass is 10.3. The van der Waals surface area contributed by atoms with Gasteiger partial charge >= 0.3 is 0 Å². The Balaban J connectivity index is 2.35. The zero-order valence-corrected chi connectivity index (χ0v) is 12.2. The Hall–Kier alpha value is -1.57. The van der Waals surface area contributed by atoms with Crippen LogP contribution in [0, 0.1) is 0 Å². The van der Waals surface area contributed by atoms with Crippen LogP contribution in [0.1, 0.15) is 0 Å². The van der Waals surface area contributed by atoms with Crippen molar-refractivity contribution in [1.82, 2.24) is 0 Å². The fourth-order valence-corrected chi connectivity index (χ4v) is 3.04. The van der Waals surface area contributed by atoms with Crippen molar-refractivity contribution < 1.29 is 8.42 Å². The Morgan fingerprint density at radius 3 is 2.26 bits per heavy atom. The molecule has 0 aliphatic heterocycles. The van der Waals surface area contributed by atoms with Gasteiger partial charge in [0, 0.05) is 10.2 Å². The Morgan fingerprint density at radius 2 is 1.63 bits per heavy atom. The highest BCUT2D eigenvalue weighted by Crippen LogP contribution is 2.23. The van der Waals surface area contributed by atoms with Crippen molar-refractivity contribution in [2.45, 2.75) is 4.90 Å². The molecule has 4 N–H and O–H groups in total. The molecule has 2 aromatic carbocycles. The van der Waals surface area contributed by atoms with E-state index in [0.717, 1.165) is 4.47 Å². The van der Waals surface area contributed by atoms with Gasteiger partial charge in [-0.3, -0.25) is 10.6 Å². The van der Waals surface area contributed by atoms with Crippen LogP contribution in [-0.2, 0) is 10.0 Å². The fourth-order valence-electron chi connectivity index (χ4n) is 1.55. The Labute approximate surface area is 120 Å². The van der Waals surface area contributed by atoms with E-state index in [-0.39, 0.29) is 4.90 Å². The van der Waals surface area contributed by atoms with Crippen LogP contribution >= 0.6 is 15.9 Å². The van der Waals surface area contributed by atoms with Crippen molar-refractivity contribution in [3.63, 3.8) is 0 Å². The van der Waals surface area contributed by atoms with Crippen molar-refractivity contribution in [2.75, 3.05) is 10.1 Å². The molecule has 0 unspecified atom stereocenters. The topological polar surface area (TPSA) is 84.2 Å². The molecule has 2 rings (SSSR count). The molecule has 0 aliphatic rings. The average Bonchev–Trinajstić information content (AvgIpc) is 2.41. The largest absolute Gasteiger partial charge is 0.323 e. The molecule has 0 fully saturated rings. The monoisotopic (exact) mass is 341 g/mol. The highest BCUT2D eigenvalue weighted by Gasteiger charge is 2.17. The van der Waals surface area contributed by atoms with Crippen molar-refractivity contribution in [3.8, 4) is 0 Å². The van der Waals surface area contributed by atoms with Crippen LogP contribution in [0.15, 0.2) is 57.9 Å². The molecule has 0 bridgehead atoms. The first-order valence-electron chi connectivity index (χ1n) is 5.37. The van der Waals surface area contributed by atoms with Gasteiger partial charge in [-0.25, -0.2) is 8.42 Å². The maximum atomic E-state index is 12.2. The Kier molecular flexibility index (Phi) is 4.08. The number of rotatable bonds is 4. The number of hydrazine groups is 1. The average molecular weight is 342 g/mol. The van der Waals surface area contributed by atoms with Crippen LogP contribution < -0.4 is 16.0 Å². The predicted octanol–water partition coefficient (Wildman–Crippen LogP) is 2.54. The summed E-state index contributed by atoms with van der Waals surface area (Å²) in [6, 6.07) is 13.3. The van der Waals surface area contributed by atoms with E-state index in [9.17, 15) is 8.42 Å². The standard InChI is InChI=1S/C12H12BrN3O2S/c13-9-5-7-10(8-6-9)16-19(17,18)12-4-2-1-3-11(12)15-14/h1-8,15-16H,14H2. The lowest BCUT2D eigenvalue weighted by molar-refractivity contribution is 0.601. The number of hydrogen-bond donors (Lipinski definition) is 3. The number of para-hydroxylation sites is 1. The molecule has 0 aliphatic carbocycles. The minimum absolute atomic E-state index is 0.0976. The Bertz CT molecular complexity index is 672. The highest BCUT2D eigenvalue weighted by atomic mass is 79.9. The molecule has 0 radical (unpaired) electrons. The van der Waals surface area contributed by atoms with Gasteiger partial charge in [-0.1, -0.05) is 28.1 Å². The van der Waals surface area contributed by atoms with Gasteiger partial charge in [-0.2, -0.15) is 0 Å². The van der Waals surface area contributed by atoms with E-state index < -0.39 is 10.0 Å². The van der Waals surface area contributed by atoms with Gasteiger partial charge in [-0.05, 0) is 36.4 Å². The minimum atomic E-state index is -3.68. The number of anilines is 2. The lowest BCUT2D eigenvalue weighted by Crippen LogP contribution is -2.17. The predicted molar refractivity (Wildman–Crippen MR) is 79.2 cm³/mol. The molecule has 0 saturated heterocycles. The molecule has 0 heterocycles. The molecule has 2 aromatic rings. The molecule has 5 nitrogen and oxygen atoms in total. The van der Waals surface area contributed by atoms with Crippen LogP contribution in [0.2, 0.25) is 0 Å². The van der Waals surface area contributed by atoms with Gasteiger partial charge in [-0.15, -0.1) is 0 Å². The van der Waals surface area contributed by atoms with Crippen molar-refractivity contribution in [1.29, 1.82) is 0 Å². The second kappa shape index (κ2) is 5.60. The Morgan fingerprint density at radius 1 is 1.00 bits per heavy atom. The van der Waals surface area contributed by atoms with Crippen LogP contribution in [-0.4, -0.2) is 8.42 Å². The van der Waals surface area contributed by atoms with Gasteiger partial charge in [0.25, 0.3) is 10.0 Å². The van der Waals surface area contributed by atoms with E-state index >= 15 is 0 Å². The second-order valence-electron chi connectivity index (χ2n) is 3.75. The molecular weight excluding hydrogens is 330 g/mol. The van der Waals surface area contributed by atoms with E-state index in [1.807, 2.05) is 0 Å². The first-order chi connectivity index (χ1) is 9.03. The van der Waals surface area contributed by atoms with Gasteiger partial charge in [0.15, 0.2) is 0 Å². The van der Waals surface area contributed by atoms with E-state index in [4.69, 9.17) is 5.84 Å². The number of benzene rings is 2. The quantitative estimate of drug-likeness (QED) is 0.589. The normalized spacial score (nSPS) is 11.1. The molecule has 0 aromatic heterocycles. The summed E-state index contributed by atoms with van der Waals surface area (Å²) in [5, 5.41) is 0. The van der Waals surface area contributed by atoms with Gasteiger partial charge in [0.2, 0.25) is 0 Å². The molecule has 0 atom stereocenters. The van der Waals surface area contributed by atoms with E-state index in [1.54, 1.807) is 42.5 Å². The number of hydrogen-bond acceptors (Lipinski definition) is 4. The zero-order valence-electron chi connectivity index (χ0n) is 9.80. The van der Waals surface area contributed by atoms with E-state index in [0.29, 0.717) is 11.4 Å². The van der Waals surface area contributed by atoms with Gasteiger partial charge < -0.3 is 5.43 Å². The number of nitrogens with one attached hydrogen (secondary N) is 2. The summed E-state index contributed by atoms with van der Waals surface area (Å²) >= 11 is 3.29. The van der Waals surface area contributed by atoms with Gasteiger partial charge in [0.05, 0.1) is 5.69 Å². The van der Waals surface area contributed by atoms with Crippen LogP contribution in [0.4, 0.5) is 11.4 Å². The summed E-state index contributed by atoms with van der Waals surface area (Å²) in [6.07, 6.45) is 0. The minimum Gasteiger partial charge on any atom is -0.323 e. The summed E-state index contributed by atoms with van der Waals surface area (Å²) in [5.74, 6) is 5.31. The SMILES string of the molecule is NNc1ccccc1S(=O)(=O)Nc1ccc(Br)cc1. The summed E-state index contributed by atoms with van der Waals surface area (Å²) in [4.78, 5) is 0.0976. The number of nitrogen functional groups attached to an aromatic ring is 1.